The van der Waals surface area contributed by atoms with Crippen molar-refractivity contribution in [2.45, 2.75) is 13.5 Å². The van der Waals surface area contributed by atoms with Gasteiger partial charge < -0.3 is 15.0 Å². The molecule has 0 radical (unpaired) electrons. The first kappa shape index (κ1) is 17.0. The summed E-state index contributed by atoms with van der Waals surface area (Å²) in [5, 5.41) is 4.53. The Morgan fingerprint density at radius 2 is 1.88 bits per heavy atom. The Labute approximate surface area is 149 Å². The van der Waals surface area contributed by atoms with Crippen LogP contribution in [0.4, 0.5) is 5.69 Å². The molecule has 3 rings (SSSR count). The number of nitrogens with one attached hydrogen (secondary N) is 2. The number of anilines is 1. The predicted molar refractivity (Wildman–Crippen MR) is 99.3 cm³/mol. The molecule has 0 fully saturated rings. The highest BCUT2D eigenvalue weighted by Crippen LogP contribution is 2.26. The number of hydrogen-bond acceptors (Lipinski definition) is 4. The molecule has 0 aliphatic carbocycles. The number of hydrogen-bond donors (Lipinski definition) is 2. The van der Waals surface area contributed by atoms with Gasteiger partial charge in [0, 0.05) is 17.0 Å². The lowest BCUT2D eigenvalue weighted by Crippen LogP contribution is -2.23. The van der Waals surface area contributed by atoms with Crippen molar-refractivity contribution < 1.29 is 9.53 Å². The molecule has 3 aromatic rings. The zero-order chi connectivity index (χ0) is 17.8. The van der Waals surface area contributed by atoms with Crippen LogP contribution in [0.5, 0.6) is 0 Å². The van der Waals surface area contributed by atoms with Gasteiger partial charge in [-0.15, -0.1) is 0 Å². The summed E-state index contributed by atoms with van der Waals surface area (Å²) in [5.41, 5.74) is 1.43. The third kappa shape index (κ3) is 3.51. The van der Waals surface area contributed by atoms with E-state index in [4.69, 9.17) is 16.3 Å². The second-order valence-corrected chi connectivity index (χ2v) is 5.82. The van der Waals surface area contributed by atoms with Crippen molar-refractivity contribution in [1.29, 1.82) is 0 Å². The fraction of sp³-hybridized carbons (Fsp3) is 0.158. The van der Waals surface area contributed by atoms with Crippen LogP contribution in [0.25, 0.3) is 10.9 Å². The van der Waals surface area contributed by atoms with Crippen molar-refractivity contribution in [3.8, 4) is 0 Å². The fourth-order valence-corrected chi connectivity index (χ4v) is 2.85. The van der Waals surface area contributed by atoms with E-state index in [2.05, 4.69) is 10.3 Å². The van der Waals surface area contributed by atoms with E-state index in [1.54, 1.807) is 19.1 Å². The van der Waals surface area contributed by atoms with Gasteiger partial charge in [0.05, 0.1) is 17.8 Å². The van der Waals surface area contributed by atoms with Crippen molar-refractivity contribution in [2.24, 2.45) is 0 Å². The summed E-state index contributed by atoms with van der Waals surface area (Å²) >= 11 is 6.19. The van der Waals surface area contributed by atoms with Crippen molar-refractivity contribution in [3.63, 3.8) is 0 Å². The van der Waals surface area contributed by atoms with Gasteiger partial charge in [-0.1, -0.05) is 48.0 Å². The van der Waals surface area contributed by atoms with Crippen molar-refractivity contribution in [1.82, 2.24) is 4.98 Å². The van der Waals surface area contributed by atoms with E-state index in [9.17, 15) is 9.59 Å². The van der Waals surface area contributed by atoms with Gasteiger partial charge in [-0.25, -0.2) is 4.79 Å². The molecule has 0 saturated heterocycles. The fourth-order valence-electron chi connectivity index (χ4n) is 2.65. The van der Waals surface area contributed by atoms with Crippen LogP contribution in [0.1, 0.15) is 22.8 Å². The normalized spacial score (nSPS) is 10.6. The minimum atomic E-state index is -0.656. The molecule has 0 amide bonds. The summed E-state index contributed by atoms with van der Waals surface area (Å²) in [6, 6.07) is 14.7. The first-order valence-corrected chi connectivity index (χ1v) is 8.29. The Kier molecular flexibility index (Phi) is 5.05. The number of para-hydroxylation sites is 1. The summed E-state index contributed by atoms with van der Waals surface area (Å²) in [4.78, 5) is 27.5. The van der Waals surface area contributed by atoms with Gasteiger partial charge in [0.2, 0.25) is 0 Å². The molecule has 0 atom stereocenters. The van der Waals surface area contributed by atoms with Gasteiger partial charge in [0.25, 0.3) is 5.56 Å². The number of aromatic amines is 1. The van der Waals surface area contributed by atoms with Crippen LogP contribution < -0.4 is 10.9 Å². The lowest BCUT2D eigenvalue weighted by molar-refractivity contribution is 0.0525. The Hall–Kier alpha value is -2.79. The largest absolute Gasteiger partial charge is 0.462 e. The summed E-state index contributed by atoms with van der Waals surface area (Å²) in [6.45, 7) is 2.26. The third-order valence-electron chi connectivity index (χ3n) is 3.81. The van der Waals surface area contributed by atoms with Crippen LogP contribution >= 0.6 is 11.6 Å². The number of benzene rings is 2. The van der Waals surface area contributed by atoms with Crippen molar-refractivity contribution >= 4 is 34.2 Å². The topological polar surface area (TPSA) is 71.2 Å². The number of ether oxygens (including phenoxy) is 1. The highest BCUT2D eigenvalue weighted by molar-refractivity contribution is 6.31. The second-order valence-electron chi connectivity index (χ2n) is 5.42. The van der Waals surface area contributed by atoms with Gasteiger partial charge in [-0.05, 0) is 24.6 Å². The van der Waals surface area contributed by atoms with Gasteiger partial charge in [0.15, 0.2) is 0 Å². The van der Waals surface area contributed by atoms with Crippen LogP contribution in [-0.4, -0.2) is 17.6 Å². The molecule has 0 aliphatic heterocycles. The van der Waals surface area contributed by atoms with Crippen LogP contribution in [0.3, 0.4) is 0 Å². The zero-order valence-electron chi connectivity index (χ0n) is 13.6. The molecule has 0 aliphatic rings. The zero-order valence-corrected chi connectivity index (χ0v) is 14.4. The van der Waals surface area contributed by atoms with Crippen molar-refractivity contribution in [2.75, 3.05) is 11.9 Å². The highest BCUT2D eigenvalue weighted by atomic mass is 35.5. The maximum atomic E-state index is 12.4. The molecular weight excluding hydrogens is 340 g/mol. The number of rotatable bonds is 5. The van der Waals surface area contributed by atoms with Crippen molar-refractivity contribution in [3.05, 3.63) is 75.0 Å². The molecule has 2 N–H and O–H groups in total. The Morgan fingerprint density at radius 3 is 2.64 bits per heavy atom. The first-order chi connectivity index (χ1) is 12.1. The number of pyridine rings is 1. The SMILES string of the molecule is CCOC(=O)c1c(NCc2ccccc2Cl)c2ccccc2[nH]c1=O. The minimum absolute atomic E-state index is 0.0346. The maximum Gasteiger partial charge on any atom is 0.345 e. The van der Waals surface area contributed by atoms with E-state index < -0.39 is 11.5 Å². The predicted octanol–water partition coefficient (Wildman–Crippen LogP) is 3.97. The highest BCUT2D eigenvalue weighted by Gasteiger charge is 2.20. The van der Waals surface area contributed by atoms with Crippen LogP contribution in [-0.2, 0) is 11.3 Å². The minimum Gasteiger partial charge on any atom is -0.462 e. The molecular formula is C19H17ClN2O3. The average molecular weight is 357 g/mol. The third-order valence-corrected chi connectivity index (χ3v) is 4.18. The first-order valence-electron chi connectivity index (χ1n) is 7.91. The molecule has 1 heterocycles. The average Bonchev–Trinajstić information content (AvgIpc) is 2.60. The van der Waals surface area contributed by atoms with E-state index >= 15 is 0 Å². The summed E-state index contributed by atoms with van der Waals surface area (Å²) in [7, 11) is 0. The van der Waals surface area contributed by atoms with E-state index in [0.29, 0.717) is 22.8 Å². The quantitative estimate of drug-likeness (QED) is 0.678. The van der Waals surface area contributed by atoms with E-state index in [-0.39, 0.29) is 12.2 Å². The van der Waals surface area contributed by atoms with Crippen LogP contribution in [0.2, 0.25) is 5.02 Å². The number of carbonyl (C=O) groups is 1. The van der Waals surface area contributed by atoms with Gasteiger partial charge in [-0.2, -0.15) is 0 Å². The Morgan fingerprint density at radius 1 is 1.16 bits per heavy atom. The van der Waals surface area contributed by atoms with Crippen LogP contribution in [0, 0.1) is 0 Å². The van der Waals surface area contributed by atoms with E-state index in [1.807, 2.05) is 36.4 Å². The number of aromatic nitrogens is 1. The molecule has 25 heavy (non-hydrogen) atoms. The van der Waals surface area contributed by atoms with E-state index in [1.165, 1.54) is 0 Å². The molecule has 5 nitrogen and oxygen atoms in total. The number of halogens is 1. The molecule has 0 spiro atoms. The maximum absolute atomic E-state index is 12.4. The van der Waals surface area contributed by atoms with Gasteiger partial charge in [0.1, 0.15) is 5.56 Å². The summed E-state index contributed by atoms with van der Waals surface area (Å²) in [6.07, 6.45) is 0. The van der Waals surface area contributed by atoms with Crippen LogP contribution in [0.15, 0.2) is 53.3 Å². The summed E-state index contributed by atoms with van der Waals surface area (Å²) in [5.74, 6) is -0.656. The second kappa shape index (κ2) is 7.40. The molecule has 128 valence electrons. The lowest BCUT2D eigenvalue weighted by Gasteiger charge is -2.14. The molecule has 0 saturated carbocycles. The Balaban J connectivity index is 2.10. The molecule has 1 aromatic heterocycles. The molecule has 2 aromatic carbocycles. The Bertz CT molecular complexity index is 982. The summed E-state index contributed by atoms with van der Waals surface area (Å²) < 4.78 is 5.05. The number of carbonyl (C=O) groups excluding carboxylic acids is 1. The molecule has 0 unspecified atom stereocenters. The van der Waals surface area contributed by atoms with E-state index in [0.717, 1.165) is 10.9 Å². The molecule has 6 heteroatoms. The smallest absolute Gasteiger partial charge is 0.345 e. The number of fused-ring (bicyclic) bond motifs is 1. The van der Waals surface area contributed by atoms with Gasteiger partial charge >= 0.3 is 5.97 Å². The molecule has 0 bridgehead atoms. The van der Waals surface area contributed by atoms with Gasteiger partial charge in [-0.3, -0.25) is 4.79 Å². The standard InChI is InChI=1S/C19H17ClN2O3/c1-2-25-19(24)16-17(21-11-12-7-3-5-9-14(12)20)13-8-4-6-10-15(13)22-18(16)23/h3-10H,2,11H2,1H3,(H2,21,22,23). The number of H-pyrrole nitrogens is 1. The lowest BCUT2D eigenvalue weighted by atomic mass is 10.1. The number of esters is 1. The monoisotopic (exact) mass is 356 g/mol.